The van der Waals surface area contributed by atoms with Crippen LogP contribution in [-0.2, 0) is 0 Å². The van der Waals surface area contributed by atoms with E-state index in [2.05, 4.69) is 6.92 Å². The number of rotatable bonds is 3. The highest BCUT2D eigenvalue weighted by molar-refractivity contribution is 6.00. The van der Waals surface area contributed by atoms with Crippen molar-refractivity contribution in [2.75, 3.05) is 18.8 Å². The molecule has 2 atom stereocenters. The number of hydrogen-bond donors (Lipinski definition) is 2. The number of nitrogens with zero attached hydrogens (tertiary/aromatic N) is 2. The standard InChI is InChI=1S/C14H20N4O3/c1-9-3-2-6-17(13(9)8-15)14(19)11-7-10(18(20)21)4-5-12(11)16/h4-5,7,9,13H,2-3,6,8,15-16H2,1H3. The number of hydrogen-bond acceptors (Lipinski definition) is 5. The van der Waals surface area contributed by atoms with Crippen molar-refractivity contribution in [3.05, 3.63) is 33.9 Å². The predicted octanol–water partition coefficient (Wildman–Crippen LogP) is 1.38. The van der Waals surface area contributed by atoms with Gasteiger partial charge in [0.2, 0.25) is 0 Å². The molecular weight excluding hydrogens is 272 g/mol. The van der Waals surface area contributed by atoms with Gasteiger partial charge in [0.25, 0.3) is 11.6 Å². The molecule has 2 rings (SSSR count). The van der Waals surface area contributed by atoms with Crippen LogP contribution in [0, 0.1) is 16.0 Å². The highest BCUT2D eigenvalue weighted by Gasteiger charge is 2.32. The third-order valence-electron chi connectivity index (χ3n) is 4.10. The van der Waals surface area contributed by atoms with Gasteiger partial charge in [0.05, 0.1) is 10.5 Å². The van der Waals surface area contributed by atoms with Gasteiger partial charge < -0.3 is 16.4 Å². The van der Waals surface area contributed by atoms with Gasteiger partial charge in [-0.05, 0) is 24.8 Å². The molecule has 114 valence electrons. The Morgan fingerprint density at radius 1 is 1.52 bits per heavy atom. The van der Waals surface area contributed by atoms with Crippen molar-refractivity contribution in [2.24, 2.45) is 11.7 Å². The van der Waals surface area contributed by atoms with Crippen molar-refractivity contribution in [1.82, 2.24) is 4.90 Å². The first-order valence-corrected chi connectivity index (χ1v) is 7.00. The molecule has 1 aliphatic rings. The van der Waals surface area contributed by atoms with Crippen molar-refractivity contribution in [3.63, 3.8) is 0 Å². The van der Waals surface area contributed by atoms with Crippen molar-refractivity contribution in [2.45, 2.75) is 25.8 Å². The SMILES string of the molecule is CC1CCCN(C(=O)c2cc([N+](=O)[O-])ccc2N)C1CN. The smallest absolute Gasteiger partial charge is 0.270 e. The second-order valence-electron chi connectivity index (χ2n) is 5.45. The Morgan fingerprint density at radius 2 is 2.24 bits per heavy atom. The molecule has 7 nitrogen and oxygen atoms in total. The van der Waals surface area contributed by atoms with E-state index in [-0.39, 0.29) is 28.9 Å². The summed E-state index contributed by atoms with van der Waals surface area (Å²) in [5, 5.41) is 10.9. The number of nitrogen functional groups attached to an aromatic ring is 1. The molecular formula is C14H20N4O3. The van der Waals surface area contributed by atoms with E-state index in [4.69, 9.17) is 11.5 Å². The highest BCUT2D eigenvalue weighted by Crippen LogP contribution is 2.27. The summed E-state index contributed by atoms with van der Waals surface area (Å²) in [6, 6.07) is 3.89. The summed E-state index contributed by atoms with van der Waals surface area (Å²) in [4.78, 5) is 24.7. The van der Waals surface area contributed by atoms with Crippen LogP contribution in [0.5, 0.6) is 0 Å². The molecule has 2 unspecified atom stereocenters. The molecule has 0 aliphatic carbocycles. The average molecular weight is 292 g/mol. The van der Waals surface area contributed by atoms with Gasteiger partial charge in [-0.25, -0.2) is 0 Å². The van der Waals surface area contributed by atoms with Crippen LogP contribution < -0.4 is 11.5 Å². The van der Waals surface area contributed by atoms with Gasteiger partial charge in [-0.1, -0.05) is 6.92 Å². The quantitative estimate of drug-likeness (QED) is 0.496. The maximum atomic E-state index is 12.7. The molecule has 0 saturated carbocycles. The van der Waals surface area contributed by atoms with E-state index in [0.29, 0.717) is 19.0 Å². The van der Waals surface area contributed by atoms with Crippen molar-refractivity contribution < 1.29 is 9.72 Å². The zero-order valence-electron chi connectivity index (χ0n) is 12.0. The Morgan fingerprint density at radius 3 is 2.86 bits per heavy atom. The Bertz CT molecular complexity index is 561. The molecule has 7 heteroatoms. The number of non-ortho nitro benzene ring substituents is 1. The number of anilines is 1. The van der Waals surface area contributed by atoms with Crippen LogP contribution in [0.1, 0.15) is 30.1 Å². The second kappa shape index (κ2) is 6.09. The number of amides is 1. The number of likely N-dealkylation sites (tertiary alicyclic amines) is 1. The van der Waals surface area contributed by atoms with Gasteiger partial charge in [-0.3, -0.25) is 14.9 Å². The zero-order valence-corrected chi connectivity index (χ0v) is 12.0. The van der Waals surface area contributed by atoms with Crippen LogP contribution in [0.15, 0.2) is 18.2 Å². The van der Waals surface area contributed by atoms with Gasteiger partial charge in [-0.2, -0.15) is 0 Å². The first kappa shape index (κ1) is 15.2. The molecule has 0 aromatic heterocycles. The number of nitrogens with two attached hydrogens (primary N) is 2. The van der Waals surface area contributed by atoms with E-state index < -0.39 is 4.92 Å². The van der Waals surface area contributed by atoms with Crippen molar-refractivity contribution in [3.8, 4) is 0 Å². The molecule has 1 amide bonds. The van der Waals surface area contributed by atoms with Crippen LogP contribution in [0.4, 0.5) is 11.4 Å². The minimum absolute atomic E-state index is 0.0510. The largest absolute Gasteiger partial charge is 0.398 e. The first-order valence-electron chi connectivity index (χ1n) is 7.00. The fourth-order valence-electron chi connectivity index (χ4n) is 2.86. The summed E-state index contributed by atoms with van der Waals surface area (Å²) in [6.45, 7) is 3.04. The lowest BCUT2D eigenvalue weighted by atomic mass is 9.90. The molecule has 0 spiro atoms. The number of carbonyl (C=O) groups is 1. The zero-order chi connectivity index (χ0) is 15.6. The minimum atomic E-state index is -0.532. The normalized spacial score (nSPS) is 22.1. The van der Waals surface area contributed by atoms with Crippen LogP contribution in [-0.4, -0.2) is 34.9 Å². The second-order valence-corrected chi connectivity index (χ2v) is 5.45. The van der Waals surface area contributed by atoms with Gasteiger partial charge >= 0.3 is 0 Å². The molecule has 1 heterocycles. The Kier molecular flexibility index (Phi) is 4.42. The molecule has 1 saturated heterocycles. The van der Waals surface area contributed by atoms with E-state index in [1.807, 2.05) is 0 Å². The molecule has 1 aromatic rings. The van der Waals surface area contributed by atoms with E-state index in [1.54, 1.807) is 4.90 Å². The highest BCUT2D eigenvalue weighted by atomic mass is 16.6. The maximum Gasteiger partial charge on any atom is 0.270 e. The van der Waals surface area contributed by atoms with Gasteiger partial charge in [0.1, 0.15) is 0 Å². The first-order chi connectivity index (χ1) is 9.95. The Hall–Kier alpha value is -2.15. The summed E-state index contributed by atoms with van der Waals surface area (Å²) in [6.07, 6.45) is 1.92. The monoisotopic (exact) mass is 292 g/mol. The topological polar surface area (TPSA) is 115 Å². The molecule has 1 fully saturated rings. The van der Waals surface area contributed by atoms with E-state index in [9.17, 15) is 14.9 Å². The molecule has 4 N–H and O–H groups in total. The van der Waals surface area contributed by atoms with Gasteiger partial charge in [0, 0.05) is 37.0 Å². The van der Waals surface area contributed by atoms with Gasteiger partial charge in [0.15, 0.2) is 0 Å². The Labute approximate surface area is 123 Å². The third-order valence-corrected chi connectivity index (χ3v) is 4.10. The van der Waals surface area contributed by atoms with Crippen molar-refractivity contribution in [1.29, 1.82) is 0 Å². The lowest BCUT2D eigenvalue weighted by Gasteiger charge is -2.39. The van der Waals surface area contributed by atoms with Gasteiger partial charge in [-0.15, -0.1) is 0 Å². The lowest BCUT2D eigenvalue weighted by molar-refractivity contribution is -0.384. The molecule has 0 radical (unpaired) electrons. The van der Waals surface area contributed by atoms with Crippen LogP contribution in [0.25, 0.3) is 0 Å². The molecule has 21 heavy (non-hydrogen) atoms. The summed E-state index contributed by atoms with van der Waals surface area (Å²) in [7, 11) is 0. The van der Waals surface area contributed by atoms with E-state index >= 15 is 0 Å². The average Bonchev–Trinajstić information content (AvgIpc) is 2.46. The number of carbonyl (C=O) groups excluding carboxylic acids is 1. The Balaban J connectivity index is 2.34. The number of nitro benzene ring substituents is 1. The van der Waals surface area contributed by atoms with Crippen LogP contribution in [0.2, 0.25) is 0 Å². The molecule has 1 aromatic carbocycles. The third kappa shape index (κ3) is 2.97. The summed E-state index contributed by atoms with van der Waals surface area (Å²) >= 11 is 0. The van der Waals surface area contributed by atoms with Crippen molar-refractivity contribution >= 4 is 17.3 Å². The molecule has 1 aliphatic heterocycles. The lowest BCUT2D eigenvalue weighted by Crippen LogP contribution is -2.51. The summed E-state index contributed by atoms with van der Waals surface area (Å²) in [5.41, 5.74) is 11.9. The fraction of sp³-hybridized carbons (Fsp3) is 0.500. The van der Waals surface area contributed by atoms with E-state index in [0.717, 1.165) is 12.8 Å². The van der Waals surface area contributed by atoms with Crippen LogP contribution >= 0.6 is 0 Å². The summed E-state index contributed by atoms with van der Waals surface area (Å²) in [5.74, 6) is 0.0332. The van der Waals surface area contributed by atoms with E-state index in [1.165, 1.54) is 18.2 Å². The number of piperidine rings is 1. The fourth-order valence-corrected chi connectivity index (χ4v) is 2.86. The number of nitro groups is 1. The van der Waals surface area contributed by atoms with Crippen LogP contribution in [0.3, 0.4) is 0 Å². The maximum absolute atomic E-state index is 12.7. The minimum Gasteiger partial charge on any atom is -0.398 e. The molecule has 0 bridgehead atoms. The predicted molar refractivity (Wildman–Crippen MR) is 79.8 cm³/mol. The number of benzene rings is 1. The summed E-state index contributed by atoms with van der Waals surface area (Å²) < 4.78 is 0.